The molecular weight excluding hydrogens is 791 g/mol. The average Bonchev–Trinajstić information content (AvgIpc) is 3.63. The van der Waals surface area contributed by atoms with Gasteiger partial charge >= 0.3 is 6.61 Å². The van der Waals surface area contributed by atoms with Gasteiger partial charge in [-0.15, -0.1) is 0 Å². The molecule has 0 bridgehead atoms. The number of fused-ring (bicyclic) bond motifs is 1. The van der Waals surface area contributed by atoms with Gasteiger partial charge in [-0.05, 0) is 49.0 Å². The molecule has 1 saturated heterocycles. The number of alkyl halides is 2. The van der Waals surface area contributed by atoms with Crippen molar-refractivity contribution in [2.24, 2.45) is 5.92 Å². The van der Waals surface area contributed by atoms with Crippen LogP contribution in [-0.2, 0) is 30.4 Å². The lowest BCUT2D eigenvalue weighted by Crippen LogP contribution is -2.43. The molecule has 4 heterocycles. The van der Waals surface area contributed by atoms with Crippen LogP contribution in [-0.4, -0.2) is 97.1 Å². The number of aliphatic hydroxyl groups is 1. The first-order valence-corrected chi connectivity index (χ1v) is 22.9. The van der Waals surface area contributed by atoms with E-state index >= 15 is 0 Å². The first kappa shape index (κ1) is 43.0. The zero-order valence-electron chi connectivity index (χ0n) is 33.4. The minimum atomic E-state index is -3.05. The van der Waals surface area contributed by atoms with Gasteiger partial charge in [0.1, 0.15) is 17.1 Å². The van der Waals surface area contributed by atoms with Crippen molar-refractivity contribution in [2.75, 3.05) is 46.5 Å². The van der Waals surface area contributed by atoms with Crippen molar-refractivity contribution in [1.29, 1.82) is 0 Å². The number of carbonyl (C=O) groups excluding carboxylic acids is 1. The standard InChI is InChI=1S/C42H51Cl2F2N5O5Si/c1-42(2,3)57(5,6)55-18-17-50-16-14-30-34(23-50)48-32(20-37(30)56-41(45)46)36(53)19-27-9-7-10-28(38(27)43)29-11-8-12-31(39(29)44)33-21-47-35(40(49-33)54-4)24-51-15-13-26(22-51)25-52/h7-12,20-21,26,41,52H,13-19,22-25H2,1-6H3. The van der Waals surface area contributed by atoms with Gasteiger partial charge in [-0.3, -0.25) is 19.6 Å². The molecule has 2 aromatic heterocycles. The van der Waals surface area contributed by atoms with Crippen molar-refractivity contribution >= 4 is 37.3 Å². The molecule has 57 heavy (non-hydrogen) atoms. The van der Waals surface area contributed by atoms with E-state index in [9.17, 15) is 18.7 Å². The molecule has 1 unspecified atom stereocenters. The fourth-order valence-electron chi connectivity index (χ4n) is 7.08. The Labute approximate surface area is 344 Å². The number of Topliss-reactive ketones (excluding diaryl/α,β-unsaturated/α-hetero) is 1. The highest BCUT2D eigenvalue weighted by Crippen LogP contribution is 2.41. The molecule has 306 valence electrons. The van der Waals surface area contributed by atoms with Gasteiger partial charge in [0.25, 0.3) is 0 Å². The average molecular weight is 843 g/mol. The molecule has 6 rings (SSSR count). The molecule has 0 spiro atoms. The van der Waals surface area contributed by atoms with Gasteiger partial charge in [0.15, 0.2) is 14.1 Å². The topological polar surface area (TPSA) is 110 Å². The van der Waals surface area contributed by atoms with E-state index < -0.39 is 20.7 Å². The fourth-order valence-corrected chi connectivity index (χ4v) is 8.73. The summed E-state index contributed by atoms with van der Waals surface area (Å²) >= 11 is 14.1. The van der Waals surface area contributed by atoms with Crippen LogP contribution in [0, 0.1) is 5.92 Å². The number of pyridine rings is 1. The number of carbonyl (C=O) groups is 1. The van der Waals surface area contributed by atoms with E-state index in [0.717, 1.165) is 19.5 Å². The number of methoxy groups -OCH3 is 1. The summed E-state index contributed by atoms with van der Waals surface area (Å²) in [4.78, 5) is 32.4. The Morgan fingerprint density at radius 1 is 1.04 bits per heavy atom. The van der Waals surface area contributed by atoms with Crippen molar-refractivity contribution in [3.63, 3.8) is 0 Å². The second-order valence-electron chi connectivity index (χ2n) is 16.3. The molecule has 0 saturated carbocycles. The van der Waals surface area contributed by atoms with E-state index in [1.807, 2.05) is 24.3 Å². The maximum atomic E-state index is 13.9. The molecule has 2 aliphatic rings. The zero-order chi connectivity index (χ0) is 41.1. The molecule has 2 aliphatic heterocycles. The number of hydrogen-bond acceptors (Lipinski definition) is 10. The third-order valence-electron chi connectivity index (χ3n) is 11.4. The largest absolute Gasteiger partial charge is 0.480 e. The number of ketones is 1. The van der Waals surface area contributed by atoms with Crippen LogP contribution < -0.4 is 9.47 Å². The molecule has 0 radical (unpaired) electrons. The number of aromatic nitrogens is 3. The van der Waals surface area contributed by atoms with Gasteiger partial charge in [-0.2, -0.15) is 8.78 Å². The molecule has 1 fully saturated rings. The van der Waals surface area contributed by atoms with E-state index in [1.54, 1.807) is 25.4 Å². The van der Waals surface area contributed by atoms with Crippen molar-refractivity contribution in [3.8, 4) is 34.0 Å². The maximum absolute atomic E-state index is 13.9. The molecule has 0 aliphatic carbocycles. The van der Waals surface area contributed by atoms with Crippen LogP contribution in [0.1, 0.15) is 60.2 Å². The summed E-state index contributed by atoms with van der Waals surface area (Å²) in [5.41, 5.74) is 4.74. The second kappa shape index (κ2) is 18.1. The predicted molar refractivity (Wildman–Crippen MR) is 221 cm³/mol. The molecule has 0 amide bonds. The van der Waals surface area contributed by atoms with Gasteiger partial charge in [0.2, 0.25) is 5.88 Å². The van der Waals surface area contributed by atoms with Crippen LogP contribution in [0.15, 0.2) is 48.7 Å². The highest BCUT2D eigenvalue weighted by Gasteiger charge is 2.37. The Kier molecular flexibility index (Phi) is 13.7. The van der Waals surface area contributed by atoms with E-state index in [4.69, 9.17) is 47.1 Å². The lowest BCUT2D eigenvalue weighted by atomic mass is 9.97. The highest BCUT2D eigenvalue weighted by atomic mass is 35.5. The number of likely N-dealkylation sites (tertiary alicyclic amines) is 1. The Balaban J connectivity index is 1.21. The van der Waals surface area contributed by atoms with Crippen LogP contribution in [0.5, 0.6) is 11.6 Å². The van der Waals surface area contributed by atoms with Crippen LogP contribution in [0.3, 0.4) is 0 Å². The van der Waals surface area contributed by atoms with E-state index in [0.29, 0.717) is 100 Å². The third kappa shape index (κ3) is 10.0. The van der Waals surface area contributed by atoms with E-state index in [-0.39, 0.29) is 35.4 Å². The van der Waals surface area contributed by atoms with Crippen LogP contribution in [0.4, 0.5) is 8.78 Å². The molecular formula is C42H51Cl2F2N5O5Si. The number of aliphatic hydroxyl groups excluding tert-OH is 1. The van der Waals surface area contributed by atoms with E-state index in [2.05, 4.69) is 48.6 Å². The number of halogens is 4. The minimum Gasteiger partial charge on any atom is -0.480 e. The molecule has 4 aromatic rings. The highest BCUT2D eigenvalue weighted by molar-refractivity contribution is 6.74. The molecule has 1 N–H and O–H groups in total. The Hall–Kier alpha value is -3.56. The SMILES string of the molecule is COc1nc(-c2cccc(-c3cccc(CC(=O)c4cc(OC(F)F)c5c(n4)CN(CCO[Si](C)(C)C(C)(C)C)CC5)c3Cl)c2Cl)cnc1CN1CCC(CO)C1. The second-order valence-corrected chi connectivity index (χ2v) is 21.8. The van der Waals surface area contributed by atoms with Gasteiger partial charge in [0, 0.05) is 80.7 Å². The number of nitrogens with zero attached hydrogens (tertiary/aromatic N) is 5. The minimum absolute atomic E-state index is 0.0270. The van der Waals surface area contributed by atoms with Crippen molar-refractivity contribution in [3.05, 3.63) is 86.9 Å². The Bertz CT molecular complexity index is 2090. The van der Waals surface area contributed by atoms with Crippen LogP contribution in [0.25, 0.3) is 22.4 Å². The van der Waals surface area contributed by atoms with Gasteiger partial charge in [0.05, 0.1) is 34.7 Å². The van der Waals surface area contributed by atoms with Crippen molar-refractivity contribution in [2.45, 2.75) is 77.9 Å². The Morgan fingerprint density at radius 3 is 2.44 bits per heavy atom. The lowest BCUT2D eigenvalue weighted by Gasteiger charge is -2.37. The normalized spacial score (nSPS) is 16.6. The van der Waals surface area contributed by atoms with Gasteiger partial charge in [-0.25, -0.2) is 9.97 Å². The number of hydrogen-bond donors (Lipinski definition) is 1. The molecule has 2 aromatic carbocycles. The summed E-state index contributed by atoms with van der Waals surface area (Å²) in [6, 6.07) is 12.2. The van der Waals surface area contributed by atoms with Gasteiger partial charge < -0.3 is 19.0 Å². The maximum Gasteiger partial charge on any atom is 0.387 e. The summed E-state index contributed by atoms with van der Waals surface area (Å²) in [5.74, 6) is 0.223. The molecule has 10 nitrogen and oxygen atoms in total. The van der Waals surface area contributed by atoms with Crippen molar-refractivity contribution in [1.82, 2.24) is 24.8 Å². The summed E-state index contributed by atoms with van der Waals surface area (Å²) < 4.78 is 44.2. The molecule has 15 heteroatoms. The summed E-state index contributed by atoms with van der Waals surface area (Å²) in [6.45, 7) is 12.5. The quantitative estimate of drug-likeness (QED) is 0.0922. The van der Waals surface area contributed by atoms with E-state index in [1.165, 1.54) is 6.07 Å². The number of rotatable bonds is 15. The van der Waals surface area contributed by atoms with Gasteiger partial charge in [-0.1, -0.05) is 80.4 Å². The molecule has 1 atom stereocenters. The summed E-state index contributed by atoms with van der Waals surface area (Å²) in [6.07, 6.45) is 2.92. The smallest absolute Gasteiger partial charge is 0.387 e. The number of ether oxygens (including phenoxy) is 2. The van der Waals surface area contributed by atoms with Crippen LogP contribution >= 0.6 is 23.2 Å². The van der Waals surface area contributed by atoms with Crippen LogP contribution in [0.2, 0.25) is 28.2 Å². The fraction of sp³-hybridized carbons (Fsp3) is 0.476. The predicted octanol–water partition coefficient (Wildman–Crippen LogP) is 8.74. The zero-order valence-corrected chi connectivity index (χ0v) is 35.9. The first-order chi connectivity index (χ1) is 27.1. The number of benzene rings is 2. The summed E-state index contributed by atoms with van der Waals surface area (Å²) in [7, 11) is -0.389. The summed E-state index contributed by atoms with van der Waals surface area (Å²) in [5, 5.41) is 10.3. The third-order valence-corrected chi connectivity index (χ3v) is 16.8. The Morgan fingerprint density at radius 2 is 1.75 bits per heavy atom. The monoisotopic (exact) mass is 841 g/mol. The van der Waals surface area contributed by atoms with Crippen molar-refractivity contribution < 1.29 is 32.6 Å². The first-order valence-electron chi connectivity index (χ1n) is 19.2. The lowest BCUT2D eigenvalue weighted by molar-refractivity contribution is -0.0508.